The second-order valence-electron chi connectivity index (χ2n) is 4.13. The molecular formula is C14H10IN3OS. The summed E-state index contributed by atoms with van der Waals surface area (Å²) in [6.45, 7) is 0. The van der Waals surface area contributed by atoms with Crippen molar-refractivity contribution in [3.8, 4) is 0 Å². The van der Waals surface area contributed by atoms with Crippen LogP contribution < -0.4 is 11.1 Å². The molecule has 2 aromatic heterocycles. The Bertz CT molecular complexity index is 800. The Morgan fingerprint density at radius 2 is 2.05 bits per heavy atom. The summed E-state index contributed by atoms with van der Waals surface area (Å²) < 4.78 is 1.90. The highest BCUT2D eigenvalue weighted by Gasteiger charge is 2.17. The van der Waals surface area contributed by atoms with E-state index in [0.29, 0.717) is 16.1 Å². The summed E-state index contributed by atoms with van der Waals surface area (Å²) in [6.07, 6.45) is 1.67. The van der Waals surface area contributed by atoms with Crippen molar-refractivity contribution in [2.24, 2.45) is 0 Å². The summed E-state index contributed by atoms with van der Waals surface area (Å²) in [4.78, 5) is 17.1. The smallest absolute Gasteiger partial charge is 0.267 e. The first-order valence-electron chi connectivity index (χ1n) is 5.85. The Balaban J connectivity index is 1.97. The molecule has 6 heteroatoms. The zero-order valence-electron chi connectivity index (χ0n) is 10.3. The molecule has 20 heavy (non-hydrogen) atoms. The highest BCUT2D eigenvalue weighted by molar-refractivity contribution is 14.1. The lowest BCUT2D eigenvalue weighted by Gasteiger charge is -2.06. The van der Waals surface area contributed by atoms with Gasteiger partial charge in [0.05, 0.1) is 16.1 Å². The number of nitrogens with one attached hydrogen (secondary N) is 1. The summed E-state index contributed by atoms with van der Waals surface area (Å²) in [6, 6.07) is 11.3. The summed E-state index contributed by atoms with van der Waals surface area (Å²) >= 11 is 3.54. The second kappa shape index (κ2) is 5.37. The zero-order chi connectivity index (χ0) is 14.1. The number of hydrogen-bond acceptors (Lipinski definition) is 4. The number of carbonyl (C=O) groups is 1. The maximum Gasteiger partial charge on any atom is 0.267 e. The highest BCUT2D eigenvalue weighted by atomic mass is 127. The van der Waals surface area contributed by atoms with Crippen LogP contribution in [-0.2, 0) is 0 Å². The molecule has 4 nitrogen and oxygen atoms in total. The third-order valence-corrected chi connectivity index (χ3v) is 4.91. The van der Waals surface area contributed by atoms with Gasteiger partial charge < -0.3 is 11.1 Å². The second-order valence-corrected chi connectivity index (χ2v) is 6.34. The van der Waals surface area contributed by atoms with Gasteiger partial charge in [0, 0.05) is 9.77 Å². The number of nitrogens with zero attached hydrogens (tertiary/aromatic N) is 1. The van der Waals surface area contributed by atoms with Crippen LogP contribution in [-0.4, -0.2) is 10.9 Å². The Hall–Kier alpha value is -1.67. The number of rotatable bonds is 2. The van der Waals surface area contributed by atoms with Gasteiger partial charge in [-0.15, -0.1) is 11.3 Å². The summed E-state index contributed by atoms with van der Waals surface area (Å²) in [7, 11) is 0. The number of thiophene rings is 1. The van der Waals surface area contributed by atoms with Crippen molar-refractivity contribution in [1.29, 1.82) is 0 Å². The first-order valence-corrected chi connectivity index (χ1v) is 7.75. The lowest BCUT2D eigenvalue weighted by Crippen LogP contribution is -2.12. The summed E-state index contributed by atoms with van der Waals surface area (Å²) in [5.41, 5.74) is 7.92. The molecule has 1 amide bonds. The standard InChI is InChI=1S/C14H10IN3OS/c15-8-4-1-2-5-9(8)18-14(19)13-11(16)12-10(20-13)6-3-7-17-12/h1-7H,16H2,(H,18,19). The average Bonchev–Trinajstić information content (AvgIpc) is 2.79. The molecule has 0 unspecified atom stereocenters. The van der Waals surface area contributed by atoms with E-state index in [4.69, 9.17) is 5.73 Å². The zero-order valence-corrected chi connectivity index (χ0v) is 13.2. The van der Waals surface area contributed by atoms with Gasteiger partial charge in [0.2, 0.25) is 0 Å². The lowest BCUT2D eigenvalue weighted by molar-refractivity contribution is 0.103. The van der Waals surface area contributed by atoms with Crippen molar-refractivity contribution in [3.63, 3.8) is 0 Å². The number of pyridine rings is 1. The molecule has 0 fully saturated rings. The van der Waals surface area contributed by atoms with Crippen LogP contribution in [0.25, 0.3) is 10.2 Å². The minimum absolute atomic E-state index is 0.199. The van der Waals surface area contributed by atoms with Crippen molar-refractivity contribution in [2.75, 3.05) is 11.1 Å². The molecule has 3 rings (SSSR count). The van der Waals surface area contributed by atoms with Crippen LogP contribution in [0.4, 0.5) is 11.4 Å². The fraction of sp³-hybridized carbons (Fsp3) is 0. The van der Waals surface area contributed by atoms with Gasteiger partial charge in [-0.25, -0.2) is 0 Å². The molecular weight excluding hydrogens is 385 g/mol. The Labute approximate surface area is 133 Å². The summed E-state index contributed by atoms with van der Waals surface area (Å²) in [5.74, 6) is -0.199. The fourth-order valence-electron chi connectivity index (χ4n) is 1.86. The van der Waals surface area contributed by atoms with Crippen LogP contribution in [0.3, 0.4) is 0 Å². The molecule has 0 aliphatic rings. The molecule has 3 aromatic rings. The van der Waals surface area contributed by atoms with Crippen molar-refractivity contribution in [1.82, 2.24) is 4.98 Å². The van der Waals surface area contributed by atoms with Gasteiger partial charge in [-0.1, -0.05) is 12.1 Å². The SMILES string of the molecule is Nc1c(C(=O)Nc2ccccc2I)sc2cccnc12. The van der Waals surface area contributed by atoms with Gasteiger partial charge in [-0.2, -0.15) is 0 Å². The summed E-state index contributed by atoms with van der Waals surface area (Å²) in [5, 5.41) is 2.88. The van der Waals surface area contributed by atoms with Crippen LogP contribution in [0.2, 0.25) is 0 Å². The van der Waals surface area contributed by atoms with Gasteiger partial charge in [0.1, 0.15) is 10.4 Å². The Kier molecular flexibility index (Phi) is 3.58. The minimum atomic E-state index is -0.199. The number of fused-ring (bicyclic) bond motifs is 1. The molecule has 100 valence electrons. The molecule has 0 radical (unpaired) electrons. The van der Waals surface area contributed by atoms with Crippen molar-refractivity contribution >= 4 is 61.4 Å². The van der Waals surface area contributed by atoms with Gasteiger partial charge in [0.25, 0.3) is 5.91 Å². The Morgan fingerprint density at radius 1 is 1.25 bits per heavy atom. The van der Waals surface area contributed by atoms with Crippen LogP contribution >= 0.6 is 33.9 Å². The van der Waals surface area contributed by atoms with E-state index in [1.165, 1.54) is 11.3 Å². The molecule has 0 bridgehead atoms. The number of nitrogen functional groups attached to an aromatic ring is 1. The lowest BCUT2D eigenvalue weighted by atomic mass is 10.3. The minimum Gasteiger partial charge on any atom is -0.396 e. The van der Waals surface area contributed by atoms with Gasteiger partial charge in [0.15, 0.2) is 0 Å². The van der Waals surface area contributed by atoms with Crippen LogP contribution in [0.1, 0.15) is 9.67 Å². The maximum absolute atomic E-state index is 12.3. The van der Waals surface area contributed by atoms with E-state index in [9.17, 15) is 4.79 Å². The predicted molar refractivity (Wildman–Crippen MR) is 91.1 cm³/mol. The van der Waals surface area contributed by atoms with Gasteiger partial charge >= 0.3 is 0 Å². The van der Waals surface area contributed by atoms with E-state index in [2.05, 4.69) is 32.9 Å². The molecule has 0 saturated heterocycles. The number of aromatic nitrogens is 1. The van der Waals surface area contributed by atoms with Crippen molar-refractivity contribution in [3.05, 3.63) is 51.0 Å². The Morgan fingerprint density at radius 3 is 2.80 bits per heavy atom. The first-order chi connectivity index (χ1) is 9.66. The number of benzene rings is 1. The van der Waals surface area contributed by atoms with Crippen LogP contribution in [0.15, 0.2) is 42.6 Å². The number of carbonyl (C=O) groups excluding carboxylic acids is 1. The molecule has 1 aromatic carbocycles. The molecule has 0 atom stereocenters. The molecule has 3 N–H and O–H groups in total. The topological polar surface area (TPSA) is 68.0 Å². The van der Waals surface area contributed by atoms with E-state index < -0.39 is 0 Å². The largest absolute Gasteiger partial charge is 0.396 e. The number of amides is 1. The molecule has 2 heterocycles. The molecule has 0 aliphatic carbocycles. The van der Waals surface area contributed by atoms with Crippen LogP contribution in [0, 0.1) is 3.57 Å². The van der Waals surface area contributed by atoms with E-state index in [1.54, 1.807) is 6.20 Å². The monoisotopic (exact) mass is 395 g/mol. The fourth-order valence-corrected chi connectivity index (χ4v) is 3.36. The number of nitrogens with two attached hydrogens (primary N) is 1. The molecule has 0 aliphatic heterocycles. The quantitative estimate of drug-likeness (QED) is 0.650. The third kappa shape index (κ3) is 2.36. The number of hydrogen-bond donors (Lipinski definition) is 2. The van der Waals surface area contributed by atoms with Gasteiger partial charge in [-0.05, 0) is 46.9 Å². The van der Waals surface area contributed by atoms with Crippen molar-refractivity contribution < 1.29 is 4.79 Å². The predicted octanol–water partition coefficient (Wildman–Crippen LogP) is 3.74. The average molecular weight is 395 g/mol. The number of anilines is 2. The van der Waals surface area contributed by atoms with Gasteiger partial charge in [-0.3, -0.25) is 9.78 Å². The van der Waals surface area contributed by atoms with E-state index in [-0.39, 0.29) is 5.91 Å². The normalized spacial score (nSPS) is 10.7. The number of para-hydroxylation sites is 1. The van der Waals surface area contributed by atoms with E-state index in [1.807, 2.05) is 36.4 Å². The van der Waals surface area contributed by atoms with Crippen molar-refractivity contribution in [2.45, 2.75) is 0 Å². The van der Waals surface area contributed by atoms with Crippen LogP contribution in [0.5, 0.6) is 0 Å². The van der Waals surface area contributed by atoms with E-state index in [0.717, 1.165) is 14.0 Å². The highest BCUT2D eigenvalue weighted by Crippen LogP contribution is 2.32. The molecule has 0 saturated carbocycles. The number of halogens is 1. The van der Waals surface area contributed by atoms with E-state index >= 15 is 0 Å². The molecule has 0 spiro atoms. The first kappa shape index (κ1) is 13.3. The maximum atomic E-state index is 12.3. The third-order valence-electron chi connectivity index (χ3n) is 2.81.